The lowest BCUT2D eigenvalue weighted by Gasteiger charge is -2.04. The Morgan fingerprint density at radius 1 is 1.58 bits per heavy atom. The van der Waals surface area contributed by atoms with Crippen molar-refractivity contribution in [2.75, 3.05) is 0 Å². The lowest BCUT2D eigenvalue weighted by atomic mass is 10.4. The number of hydrogen-bond acceptors (Lipinski definition) is 6. The highest BCUT2D eigenvalue weighted by molar-refractivity contribution is 7.89. The van der Waals surface area contributed by atoms with Crippen molar-refractivity contribution in [3.8, 4) is 0 Å². The van der Waals surface area contributed by atoms with Crippen molar-refractivity contribution in [2.45, 2.75) is 18.4 Å². The van der Waals surface area contributed by atoms with E-state index in [1.807, 2.05) is 0 Å². The second kappa shape index (κ2) is 4.82. The summed E-state index contributed by atoms with van der Waals surface area (Å²) in [5, 5.41) is 18.1. The van der Waals surface area contributed by atoms with Crippen molar-refractivity contribution >= 4 is 16.0 Å². The van der Waals surface area contributed by atoms with E-state index in [1.165, 1.54) is 19.2 Å². The molecule has 0 saturated heterocycles. The number of nitrogens with one attached hydrogen (secondary N) is 2. The van der Waals surface area contributed by atoms with Gasteiger partial charge < -0.3 is 9.63 Å². The van der Waals surface area contributed by atoms with Crippen molar-refractivity contribution in [2.24, 2.45) is 0 Å². The van der Waals surface area contributed by atoms with Crippen LogP contribution in [0.5, 0.6) is 0 Å². The molecule has 2 heterocycles. The number of aromatic amines is 1. The number of carboxylic acids is 1. The molecule has 0 spiro atoms. The summed E-state index contributed by atoms with van der Waals surface area (Å²) in [4.78, 5) is 10.5. The Morgan fingerprint density at radius 3 is 2.89 bits per heavy atom. The molecule has 0 unspecified atom stereocenters. The lowest BCUT2D eigenvalue weighted by Crippen LogP contribution is -2.25. The smallest absolute Gasteiger partial charge is 0.357 e. The van der Waals surface area contributed by atoms with E-state index < -0.39 is 21.7 Å². The molecular formula is C9H10N4O5S. The van der Waals surface area contributed by atoms with Gasteiger partial charge in [0.15, 0.2) is 11.5 Å². The normalized spacial score (nSPS) is 11.6. The van der Waals surface area contributed by atoms with Crippen LogP contribution in [-0.4, -0.2) is 34.8 Å². The topological polar surface area (TPSA) is 138 Å². The summed E-state index contributed by atoms with van der Waals surface area (Å²) in [6.07, 6.45) is 1.37. The first-order valence-electron chi connectivity index (χ1n) is 5.09. The van der Waals surface area contributed by atoms with Gasteiger partial charge in [-0.15, -0.1) is 0 Å². The molecule has 0 aliphatic rings. The van der Waals surface area contributed by atoms with Crippen LogP contribution in [0.25, 0.3) is 0 Å². The second-order valence-corrected chi connectivity index (χ2v) is 5.34. The lowest BCUT2D eigenvalue weighted by molar-refractivity contribution is 0.0686. The van der Waals surface area contributed by atoms with E-state index in [0.717, 1.165) is 0 Å². The largest absolute Gasteiger partial charge is 0.476 e. The summed E-state index contributed by atoms with van der Waals surface area (Å²) in [6.45, 7) is 1.29. The van der Waals surface area contributed by atoms with Crippen molar-refractivity contribution < 1.29 is 22.8 Å². The van der Waals surface area contributed by atoms with Crippen molar-refractivity contribution in [3.63, 3.8) is 0 Å². The van der Waals surface area contributed by atoms with Crippen LogP contribution in [0.15, 0.2) is 21.7 Å². The molecule has 9 nitrogen and oxygen atoms in total. The Labute approximate surface area is 107 Å². The zero-order valence-corrected chi connectivity index (χ0v) is 10.6. The first kappa shape index (κ1) is 13.2. The average molecular weight is 286 g/mol. The molecule has 0 aliphatic carbocycles. The molecule has 0 saturated carbocycles. The fourth-order valence-corrected chi connectivity index (χ4v) is 2.78. The van der Waals surface area contributed by atoms with Gasteiger partial charge in [-0.05, 0) is 6.92 Å². The quantitative estimate of drug-likeness (QED) is 0.696. The first-order chi connectivity index (χ1) is 8.92. The van der Waals surface area contributed by atoms with Crippen LogP contribution in [0.1, 0.15) is 21.9 Å². The maximum absolute atomic E-state index is 12.0. The van der Waals surface area contributed by atoms with E-state index >= 15 is 0 Å². The van der Waals surface area contributed by atoms with Gasteiger partial charge in [-0.3, -0.25) is 5.10 Å². The van der Waals surface area contributed by atoms with Gasteiger partial charge >= 0.3 is 5.97 Å². The van der Waals surface area contributed by atoms with Crippen LogP contribution in [0.4, 0.5) is 0 Å². The summed E-state index contributed by atoms with van der Waals surface area (Å²) in [6, 6.07) is 1.49. The SMILES string of the molecule is Cc1[nH]nc(C(=O)O)c1S(=O)(=O)NCc1ccno1. The first-order valence-corrected chi connectivity index (χ1v) is 6.57. The molecule has 0 aliphatic heterocycles. The van der Waals surface area contributed by atoms with Gasteiger partial charge in [0.2, 0.25) is 10.0 Å². The number of H-pyrrole nitrogens is 1. The fourth-order valence-electron chi connectivity index (χ4n) is 1.46. The van der Waals surface area contributed by atoms with Crippen molar-refractivity contribution in [1.82, 2.24) is 20.1 Å². The highest BCUT2D eigenvalue weighted by Gasteiger charge is 2.28. The molecule has 19 heavy (non-hydrogen) atoms. The van der Waals surface area contributed by atoms with E-state index in [-0.39, 0.29) is 17.1 Å². The second-order valence-electron chi connectivity index (χ2n) is 3.63. The van der Waals surface area contributed by atoms with Gasteiger partial charge in [0.05, 0.1) is 18.4 Å². The standard InChI is InChI=1S/C9H10N4O5S/c1-5-8(7(9(14)15)13-12-5)19(16,17)11-4-6-2-3-10-18-6/h2-3,11H,4H2,1H3,(H,12,13)(H,14,15). The Kier molecular flexibility index (Phi) is 3.36. The molecule has 0 aromatic carbocycles. The number of aromatic nitrogens is 3. The van der Waals surface area contributed by atoms with E-state index in [4.69, 9.17) is 9.63 Å². The number of hydrogen-bond donors (Lipinski definition) is 3. The molecule has 0 radical (unpaired) electrons. The molecule has 0 bridgehead atoms. The molecule has 0 amide bonds. The predicted molar refractivity (Wildman–Crippen MR) is 60.8 cm³/mol. The number of rotatable bonds is 5. The molecule has 2 aromatic rings. The molecule has 2 aromatic heterocycles. The maximum Gasteiger partial charge on any atom is 0.357 e. The third-order valence-corrected chi connectivity index (χ3v) is 3.85. The third kappa shape index (κ3) is 2.63. The van der Waals surface area contributed by atoms with Gasteiger partial charge in [-0.2, -0.15) is 5.10 Å². The van der Waals surface area contributed by atoms with Crippen LogP contribution in [0.2, 0.25) is 0 Å². The minimum absolute atomic E-state index is 0.133. The van der Waals surface area contributed by atoms with E-state index in [2.05, 4.69) is 20.1 Å². The van der Waals surface area contributed by atoms with Gasteiger partial charge in [0.25, 0.3) is 0 Å². The zero-order chi connectivity index (χ0) is 14.0. The minimum atomic E-state index is -4.01. The summed E-state index contributed by atoms with van der Waals surface area (Å²) < 4.78 is 31.0. The number of aromatic carboxylic acids is 1. The molecule has 0 atom stereocenters. The van der Waals surface area contributed by atoms with Crippen molar-refractivity contribution in [1.29, 1.82) is 0 Å². The summed E-state index contributed by atoms with van der Waals surface area (Å²) in [5.74, 6) is -1.12. The third-order valence-electron chi connectivity index (χ3n) is 2.29. The fraction of sp³-hybridized carbons (Fsp3) is 0.222. The van der Waals surface area contributed by atoms with Gasteiger partial charge in [0, 0.05) is 6.07 Å². The van der Waals surface area contributed by atoms with E-state index in [0.29, 0.717) is 5.76 Å². The Morgan fingerprint density at radius 2 is 2.32 bits per heavy atom. The van der Waals surface area contributed by atoms with Crippen LogP contribution >= 0.6 is 0 Å². The van der Waals surface area contributed by atoms with E-state index in [1.54, 1.807) is 0 Å². The van der Waals surface area contributed by atoms with Crippen LogP contribution < -0.4 is 4.72 Å². The molecule has 3 N–H and O–H groups in total. The van der Waals surface area contributed by atoms with Crippen LogP contribution in [-0.2, 0) is 16.6 Å². The average Bonchev–Trinajstić information content (AvgIpc) is 2.95. The van der Waals surface area contributed by atoms with Crippen LogP contribution in [0.3, 0.4) is 0 Å². The van der Waals surface area contributed by atoms with Gasteiger partial charge in [0.1, 0.15) is 4.90 Å². The zero-order valence-electron chi connectivity index (χ0n) is 9.74. The van der Waals surface area contributed by atoms with E-state index in [9.17, 15) is 13.2 Å². The van der Waals surface area contributed by atoms with Gasteiger partial charge in [-0.1, -0.05) is 5.16 Å². The van der Waals surface area contributed by atoms with Crippen molar-refractivity contribution in [3.05, 3.63) is 29.4 Å². The summed E-state index contributed by atoms with van der Waals surface area (Å²) >= 11 is 0. The maximum atomic E-state index is 12.0. The highest BCUT2D eigenvalue weighted by Crippen LogP contribution is 2.17. The number of nitrogens with zero attached hydrogens (tertiary/aromatic N) is 2. The molecule has 2 rings (SSSR count). The molecule has 10 heteroatoms. The van der Waals surface area contributed by atoms with Crippen LogP contribution in [0, 0.1) is 6.92 Å². The summed E-state index contributed by atoms with van der Waals surface area (Å²) in [5.41, 5.74) is -0.412. The molecule has 102 valence electrons. The Bertz CT molecular complexity index is 688. The summed E-state index contributed by atoms with van der Waals surface area (Å²) in [7, 11) is -4.01. The number of aryl methyl sites for hydroxylation is 1. The Hall–Kier alpha value is -2.20. The predicted octanol–water partition coefficient (Wildman–Crippen LogP) is -0.117. The Balaban J connectivity index is 2.29. The number of sulfonamides is 1. The number of carboxylic acid groups (broad SMARTS) is 1. The van der Waals surface area contributed by atoms with Gasteiger partial charge in [-0.25, -0.2) is 17.9 Å². The molecular weight excluding hydrogens is 276 g/mol. The monoisotopic (exact) mass is 286 g/mol. The highest BCUT2D eigenvalue weighted by atomic mass is 32.2. The molecule has 0 fully saturated rings. The minimum Gasteiger partial charge on any atom is -0.476 e. The number of carbonyl (C=O) groups is 1.